The molecule has 1 saturated carbocycles. The Bertz CT molecular complexity index is 681. The summed E-state index contributed by atoms with van der Waals surface area (Å²) < 4.78 is 11.1. The van der Waals surface area contributed by atoms with Crippen LogP contribution in [0.3, 0.4) is 0 Å². The number of carbonyl (C=O) groups excluding carboxylic acids is 1. The molecule has 2 aliphatic rings. The highest BCUT2D eigenvalue weighted by molar-refractivity contribution is 5.76. The van der Waals surface area contributed by atoms with Crippen LogP contribution in [0.5, 0.6) is 11.5 Å². The zero-order valence-corrected chi connectivity index (χ0v) is 17.4. The van der Waals surface area contributed by atoms with Crippen molar-refractivity contribution < 1.29 is 24.3 Å². The molecule has 1 aliphatic carbocycles. The lowest BCUT2D eigenvalue weighted by molar-refractivity contribution is -0.937. The van der Waals surface area contributed by atoms with E-state index in [1.54, 1.807) is 14.2 Å². The van der Waals surface area contributed by atoms with Crippen molar-refractivity contribution in [3.8, 4) is 11.5 Å². The fraction of sp³-hybridized carbons (Fsp3) is 0.682. The maximum atomic E-state index is 12.5. The third-order valence-electron chi connectivity index (χ3n) is 6.52. The van der Waals surface area contributed by atoms with Crippen LogP contribution >= 0.6 is 0 Å². The molecule has 156 valence electrons. The van der Waals surface area contributed by atoms with Crippen molar-refractivity contribution in [2.45, 2.75) is 57.1 Å². The van der Waals surface area contributed by atoms with Crippen LogP contribution in [0.15, 0.2) is 18.2 Å². The number of hydrogen-bond acceptors (Lipinski definition) is 4. The summed E-state index contributed by atoms with van der Waals surface area (Å²) in [6, 6.07) is 5.86. The minimum Gasteiger partial charge on any atom is -0.497 e. The summed E-state index contributed by atoms with van der Waals surface area (Å²) in [6.07, 6.45) is 5.68. The topological polar surface area (TPSA) is 72.2 Å². The van der Waals surface area contributed by atoms with Crippen LogP contribution in [0.1, 0.15) is 57.1 Å². The first-order chi connectivity index (χ1) is 13.5. The summed E-state index contributed by atoms with van der Waals surface area (Å²) in [7, 11) is 3.33. The van der Waals surface area contributed by atoms with Crippen molar-refractivity contribution in [1.29, 1.82) is 0 Å². The number of methoxy groups -OCH3 is 2. The average Bonchev–Trinajstić information content (AvgIpc) is 2.71. The molecule has 4 atom stereocenters. The summed E-state index contributed by atoms with van der Waals surface area (Å²) >= 11 is 0. The first-order valence-electron chi connectivity index (χ1n) is 10.6. The van der Waals surface area contributed by atoms with Gasteiger partial charge >= 0.3 is 0 Å². The largest absolute Gasteiger partial charge is 0.497 e. The summed E-state index contributed by atoms with van der Waals surface area (Å²) in [5, 5.41) is 14.4. The normalized spacial score (nSPS) is 29.6. The molecule has 1 aromatic carbocycles. The molecule has 1 unspecified atom stereocenters. The molecule has 6 nitrogen and oxygen atoms in total. The fourth-order valence-electron chi connectivity index (χ4n) is 5.10. The third kappa shape index (κ3) is 4.28. The average molecular weight is 392 g/mol. The molecule has 1 saturated heterocycles. The fourth-order valence-corrected chi connectivity index (χ4v) is 5.10. The number of hydrogen-bond donors (Lipinski definition) is 3. The molecule has 1 aliphatic heterocycles. The Labute approximate surface area is 168 Å². The number of ether oxygens (including phenoxy) is 2. The molecular weight excluding hydrogens is 356 g/mol. The summed E-state index contributed by atoms with van der Waals surface area (Å²) in [6.45, 7) is 3.95. The van der Waals surface area contributed by atoms with E-state index < -0.39 is 5.60 Å². The Morgan fingerprint density at radius 1 is 1.29 bits per heavy atom. The van der Waals surface area contributed by atoms with Crippen molar-refractivity contribution >= 4 is 5.91 Å². The van der Waals surface area contributed by atoms with Gasteiger partial charge in [0.2, 0.25) is 0 Å². The number of rotatable bonds is 7. The molecule has 1 heterocycles. The molecule has 2 fully saturated rings. The highest BCUT2D eigenvalue weighted by Gasteiger charge is 2.52. The zero-order chi connectivity index (χ0) is 20.1. The van der Waals surface area contributed by atoms with E-state index in [9.17, 15) is 9.90 Å². The van der Waals surface area contributed by atoms with Gasteiger partial charge in [0.1, 0.15) is 17.5 Å². The summed E-state index contributed by atoms with van der Waals surface area (Å²) in [4.78, 5) is 13.7. The standard InChI is InChI=1S/C22H34N2O4/c1-4-12-23-20(25)15-24-13-11-22(26)10-6-5-7-18(22)21(24)17-14-16(27-2)8-9-19(17)28-3/h8-9,14,18,21,26H,4-7,10-13,15H2,1-3H3,(H,23,25)/p+1/t18-,21-,22-/m0/s1. The highest BCUT2D eigenvalue weighted by Crippen LogP contribution is 2.46. The predicted molar refractivity (Wildman–Crippen MR) is 108 cm³/mol. The molecule has 1 amide bonds. The smallest absolute Gasteiger partial charge is 0.275 e. The Morgan fingerprint density at radius 3 is 2.82 bits per heavy atom. The molecule has 6 heteroatoms. The minimum atomic E-state index is -0.652. The summed E-state index contributed by atoms with van der Waals surface area (Å²) in [5.41, 5.74) is 0.380. The molecular formula is C22H35N2O4+. The number of benzene rings is 1. The third-order valence-corrected chi connectivity index (χ3v) is 6.52. The second kappa shape index (κ2) is 9.14. The van der Waals surface area contributed by atoms with Gasteiger partial charge in [0.25, 0.3) is 5.91 Å². The van der Waals surface area contributed by atoms with E-state index in [2.05, 4.69) is 12.2 Å². The maximum absolute atomic E-state index is 12.5. The second-order valence-electron chi connectivity index (χ2n) is 8.23. The van der Waals surface area contributed by atoms with E-state index in [1.165, 1.54) is 4.90 Å². The van der Waals surface area contributed by atoms with Gasteiger partial charge in [0.05, 0.1) is 31.9 Å². The van der Waals surface area contributed by atoms with Crippen LogP contribution in [0.4, 0.5) is 0 Å². The van der Waals surface area contributed by atoms with Crippen LogP contribution in [0.2, 0.25) is 0 Å². The predicted octanol–water partition coefficient (Wildman–Crippen LogP) is 1.48. The van der Waals surface area contributed by atoms with Gasteiger partial charge in [0, 0.05) is 18.9 Å². The van der Waals surface area contributed by atoms with Crippen LogP contribution < -0.4 is 19.7 Å². The number of likely N-dealkylation sites (tertiary alicyclic amines) is 1. The molecule has 0 spiro atoms. The molecule has 0 radical (unpaired) electrons. The lowest BCUT2D eigenvalue weighted by atomic mass is 9.66. The molecule has 0 aromatic heterocycles. The van der Waals surface area contributed by atoms with Gasteiger partial charge in [-0.15, -0.1) is 0 Å². The number of piperidine rings is 1. The van der Waals surface area contributed by atoms with Crippen molar-refractivity contribution in [2.24, 2.45) is 5.92 Å². The summed E-state index contributed by atoms with van der Waals surface area (Å²) in [5.74, 6) is 1.76. The first-order valence-corrected chi connectivity index (χ1v) is 10.6. The number of aliphatic hydroxyl groups is 1. The maximum Gasteiger partial charge on any atom is 0.275 e. The van der Waals surface area contributed by atoms with E-state index in [1.807, 2.05) is 18.2 Å². The Morgan fingerprint density at radius 2 is 2.11 bits per heavy atom. The van der Waals surface area contributed by atoms with Crippen LogP contribution in [-0.2, 0) is 4.79 Å². The van der Waals surface area contributed by atoms with Crippen LogP contribution in [-0.4, -0.2) is 50.5 Å². The second-order valence-corrected chi connectivity index (χ2v) is 8.23. The van der Waals surface area contributed by atoms with E-state index >= 15 is 0 Å². The van der Waals surface area contributed by atoms with Gasteiger partial charge < -0.3 is 24.8 Å². The van der Waals surface area contributed by atoms with Crippen molar-refractivity contribution in [1.82, 2.24) is 5.32 Å². The van der Waals surface area contributed by atoms with Crippen molar-refractivity contribution in [3.05, 3.63) is 23.8 Å². The van der Waals surface area contributed by atoms with Gasteiger partial charge in [-0.2, -0.15) is 0 Å². The number of nitrogens with one attached hydrogen (secondary N) is 2. The van der Waals surface area contributed by atoms with Crippen molar-refractivity contribution in [3.63, 3.8) is 0 Å². The molecule has 28 heavy (non-hydrogen) atoms. The number of carbonyl (C=O) groups is 1. The van der Waals surface area contributed by atoms with Crippen LogP contribution in [0, 0.1) is 5.92 Å². The van der Waals surface area contributed by atoms with Gasteiger partial charge in [0.15, 0.2) is 6.54 Å². The van der Waals surface area contributed by atoms with Crippen molar-refractivity contribution in [2.75, 3.05) is 33.9 Å². The van der Waals surface area contributed by atoms with Gasteiger partial charge in [-0.05, 0) is 37.5 Å². The van der Waals surface area contributed by atoms with E-state index in [0.717, 1.165) is 62.1 Å². The highest BCUT2D eigenvalue weighted by atomic mass is 16.5. The number of amides is 1. The Hall–Kier alpha value is -1.79. The molecule has 3 rings (SSSR count). The molecule has 1 aromatic rings. The van der Waals surface area contributed by atoms with E-state index in [4.69, 9.17) is 9.47 Å². The Balaban J connectivity index is 1.97. The zero-order valence-electron chi connectivity index (χ0n) is 17.4. The number of fused-ring (bicyclic) bond motifs is 1. The van der Waals surface area contributed by atoms with E-state index in [0.29, 0.717) is 13.1 Å². The first kappa shape index (κ1) is 20.9. The molecule has 0 bridgehead atoms. The van der Waals surface area contributed by atoms with Gasteiger partial charge in [-0.1, -0.05) is 19.8 Å². The minimum absolute atomic E-state index is 0.0106. The quantitative estimate of drug-likeness (QED) is 0.658. The Kier molecular flexibility index (Phi) is 6.83. The van der Waals surface area contributed by atoms with E-state index in [-0.39, 0.29) is 17.9 Å². The number of quaternary nitrogens is 1. The van der Waals surface area contributed by atoms with Crippen LogP contribution in [0.25, 0.3) is 0 Å². The SMILES string of the molecule is CCCNC(=O)C[NH+]1CC[C@@]2(O)CCCC[C@H]2[C@@H]1c1cc(OC)ccc1OC. The lowest BCUT2D eigenvalue weighted by Gasteiger charge is -2.50. The lowest BCUT2D eigenvalue weighted by Crippen LogP contribution is -3.16. The monoisotopic (exact) mass is 391 g/mol. The molecule has 3 N–H and O–H groups in total. The van der Waals surface area contributed by atoms with Gasteiger partial charge in [-0.25, -0.2) is 0 Å². The van der Waals surface area contributed by atoms with Gasteiger partial charge in [-0.3, -0.25) is 4.79 Å².